The van der Waals surface area contributed by atoms with Crippen molar-refractivity contribution in [3.05, 3.63) is 23.4 Å². The Morgan fingerprint density at radius 3 is 1.87 bits per heavy atom. The zero-order chi connectivity index (χ0) is 69.9. The normalized spacial score (nSPS) is 21.2. The number of carbonyl (C=O) groups excluding carboxylic acids is 12. The summed E-state index contributed by atoms with van der Waals surface area (Å²) in [6, 6.07) is -12.8. The molecule has 2 unspecified atom stereocenters. The number of benzene rings is 1. The van der Waals surface area contributed by atoms with E-state index >= 15 is 0 Å². The van der Waals surface area contributed by atoms with E-state index in [1.807, 2.05) is 0 Å². The number of aliphatic hydroxyl groups excluding tert-OH is 4. The number of carboxylic acid groups (broad SMARTS) is 1. The summed E-state index contributed by atoms with van der Waals surface area (Å²) in [5, 5.41) is 120. The van der Waals surface area contributed by atoms with Crippen molar-refractivity contribution in [1.82, 2.24) is 68.6 Å². The lowest BCUT2D eigenvalue weighted by atomic mass is 9.96. The van der Waals surface area contributed by atoms with Crippen LogP contribution >= 0.6 is 0 Å². The number of guanidine groups is 1. The lowest BCUT2D eigenvalue weighted by Gasteiger charge is -2.47. The third kappa shape index (κ3) is 23.5. The van der Waals surface area contributed by atoms with E-state index in [4.69, 9.17) is 16.6 Å². The van der Waals surface area contributed by atoms with Crippen LogP contribution in [-0.2, 0) is 62.3 Å². The number of rotatable bonds is 32. The zero-order valence-electron chi connectivity index (χ0n) is 51.5. The second kappa shape index (κ2) is 37.8. The monoisotopic (exact) mass is 1340 g/mol. The Kier molecular flexibility index (Phi) is 31.0. The summed E-state index contributed by atoms with van der Waals surface area (Å²) in [5.74, 6) is -13.3. The van der Waals surface area contributed by atoms with Gasteiger partial charge in [0.2, 0.25) is 71.9 Å². The molecule has 1 aromatic rings. The Morgan fingerprint density at radius 1 is 0.702 bits per heavy atom. The Bertz CT molecular complexity index is 2930. The fourth-order valence-corrected chi connectivity index (χ4v) is 10.0. The van der Waals surface area contributed by atoms with Gasteiger partial charge in [-0.25, -0.2) is 10.1 Å². The van der Waals surface area contributed by atoms with Crippen molar-refractivity contribution < 1.29 is 108 Å². The Balaban J connectivity index is 1.61. The number of nitrogens with zero attached hydrogens (tertiary/aromatic N) is 4. The van der Waals surface area contributed by atoms with Gasteiger partial charge in [0.05, 0.1) is 43.2 Å². The maximum Gasteiger partial charge on any atom is 0.303 e. The molecule has 0 radical (unpaired) electrons. The number of carbonyl (C=O) groups is 13. The first-order chi connectivity index (χ1) is 44.5. The summed E-state index contributed by atoms with van der Waals surface area (Å²) in [4.78, 5) is 178. The third-order valence-electron chi connectivity index (χ3n) is 15.0. The molecule has 12 amide bonds. The van der Waals surface area contributed by atoms with Crippen LogP contribution in [0.25, 0.3) is 6.08 Å². The first-order valence-corrected chi connectivity index (χ1v) is 30.0. The van der Waals surface area contributed by atoms with Crippen molar-refractivity contribution in [3.63, 3.8) is 0 Å². The molecule has 3 heterocycles. The number of aliphatic imine (C=N–C) groups is 1. The van der Waals surface area contributed by atoms with Gasteiger partial charge in [-0.1, -0.05) is 0 Å². The quantitative estimate of drug-likeness (QED) is 0.00606. The van der Waals surface area contributed by atoms with Crippen LogP contribution in [0.15, 0.2) is 22.8 Å². The summed E-state index contributed by atoms with van der Waals surface area (Å²) in [6.07, 6.45) is -5.32. The SMILES string of the molecule is C[C@@H](O)[C@@H]1NC(=O)C(CCCN(O)C=O)NC(=O)[C@@H](NC(=O)[C@H](CCCN(O)C=O)NC(=O)[C@@H](CO)NC(=O)[C@H](CCCN=C(N)N)NC(=O)[C@@H](CO)NC(=O)[C@@H]2CCNC3C(NC(=O)CCC(=O)O)=Cc4cc(O)c(O)cc4N32)CCCCNC(=O)[C@H]([C@@H](C)O)NC1=O. The Hall–Kier alpha value is -9.54. The first-order valence-electron chi connectivity index (χ1n) is 30.0. The molecule has 2 saturated heterocycles. The number of fused-ring (bicyclic) bond motifs is 3. The minimum atomic E-state index is -1.96. The van der Waals surface area contributed by atoms with Gasteiger partial charge in [0, 0.05) is 44.2 Å². The fourth-order valence-electron chi connectivity index (χ4n) is 10.0. The predicted octanol–water partition coefficient (Wildman–Crippen LogP) is -8.84. The van der Waals surface area contributed by atoms with Crippen molar-refractivity contribution in [2.24, 2.45) is 16.5 Å². The average molecular weight is 1340 g/mol. The number of amides is 12. The number of phenols is 2. The van der Waals surface area contributed by atoms with Crippen LogP contribution in [0.2, 0.25) is 0 Å². The highest BCUT2D eigenvalue weighted by Gasteiger charge is 2.43. The fraction of sp³-hybridized carbons (Fsp3) is 0.600. The van der Waals surface area contributed by atoms with Crippen LogP contribution in [0.1, 0.15) is 96.5 Å². The molecule has 0 aliphatic carbocycles. The molecular formula is C55H85N17O22. The molecule has 39 heteroatoms. The van der Waals surface area contributed by atoms with Gasteiger partial charge in [-0.2, -0.15) is 0 Å². The third-order valence-corrected chi connectivity index (χ3v) is 15.0. The largest absolute Gasteiger partial charge is 0.504 e. The summed E-state index contributed by atoms with van der Waals surface area (Å²) < 4.78 is 0. The molecule has 4 rings (SSSR count). The van der Waals surface area contributed by atoms with Gasteiger partial charge in [-0.05, 0) is 96.7 Å². The van der Waals surface area contributed by atoms with Crippen molar-refractivity contribution in [1.29, 1.82) is 0 Å². The molecule has 3 aliphatic rings. The Morgan fingerprint density at radius 2 is 1.27 bits per heavy atom. The molecule has 2 fully saturated rings. The maximum absolute atomic E-state index is 14.4. The molecule has 3 aliphatic heterocycles. The standard InChI is InChI=1S/C55H85N17O22/c1-27(77)43-53(91)59-15-4-3-8-30(46(84)63-33(11-7-19-71(94)26-76)49(87)68-44(28(2)78)54(92)69-43)62-47(85)32(10-6-18-70(93)25-75)65-50(88)35(23-73)66-48(86)31(9-5-16-60-55(56)57)64-51(89)36(24-74)67-52(90)37-14-17-58-45-34(61-41(81)12-13-42(82)83)20-29-21-39(79)40(80)22-38(29)72(37)45/h20-22,25-28,30-33,35-37,43-45,58,73-74,77-80,93-94H,3-19,23-24H2,1-2H3,(H,59,91)(H,61,81)(H,62,85)(H,63,84)(H,64,89)(H,65,88)(H,66,86)(H,67,90)(H,68,87)(H,69,92)(H,82,83)(H4,56,57,60)/t27-,28-,30+,31+,32+,33?,35-,36-,37+,43+,44+,45?/m1/s1. The number of carboxylic acids is 1. The molecule has 0 saturated carbocycles. The molecule has 94 heavy (non-hydrogen) atoms. The van der Waals surface area contributed by atoms with Crippen LogP contribution in [0.5, 0.6) is 11.5 Å². The van der Waals surface area contributed by atoms with Gasteiger partial charge in [-0.15, -0.1) is 0 Å². The topological polar surface area (TPSA) is 610 Å². The van der Waals surface area contributed by atoms with Crippen LogP contribution < -0.4 is 74.9 Å². The van der Waals surface area contributed by atoms with E-state index in [1.54, 1.807) is 0 Å². The Labute approximate surface area is 537 Å². The highest BCUT2D eigenvalue weighted by atomic mass is 16.5. The number of aliphatic carboxylic acids is 1. The van der Waals surface area contributed by atoms with Gasteiger partial charge in [0.15, 0.2) is 17.5 Å². The second-order valence-corrected chi connectivity index (χ2v) is 22.3. The number of phenolic OH excluding ortho intramolecular Hbond substituents is 2. The molecule has 522 valence electrons. The van der Waals surface area contributed by atoms with Gasteiger partial charge in [0.1, 0.15) is 60.5 Å². The number of aromatic hydroxyl groups is 2. The molecular weight excluding hydrogens is 1250 g/mol. The average Bonchev–Trinajstić information content (AvgIpc) is 0.751. The van der Waals surface area contributed by atoms with Gasteiger partial charge in [-0.3, -0.25) is 83.1 Å². The number of aliphatic hydroxyl groups is 4. The van der Waals surface area contributed by atoms with E-state index in [0.717, 1.165) is 19.1 Å². The van der Waals surface area contributed by atoms with Gasteiger partial charge < -0.3 is 105 Å². The zero-order valence-corrected chi connectivity index (χ0v) is 51.5. The smallest absolute Gasteiger partial charge is 0.303 e. The summed E-state index contributed by atoms with van der Waals surface area (Å²) in [7, 11) is 0. The number of hydrogen-bond donors (Lipinski definition) is 22. The maximum atomic E-state index is 14.4. The molecule has 1 aromatic carbocycles. The van der Waals surface area contributed by atoms with Gasteiger partial charge >= 0.3 is 5.97 Å². The second-order valence-electron chi connectivity index (χ2n) is 22.3. The van der Waals surface area contributed by atoms with E-state index in [9.17, 15) is 103 Å². The summed E-state index contributed by atoms with van der Waals surface area (Å²) in [6.45, 7) is -0.921. The van der Waals surface area contributed by atoms with Crippen LogP contribution in [0.3, 0.4) is 0 Å². The van der Waals surface area contributed by atoms with Crippen molar-refractivity contribution in [3.8, 4) is 11.5 Å². The minimum Gasteiger partial charge on any atom is -0.504 e. The lowest BCUT2D eigenvalue weighted by Crippen LogP contribution is -2.66. The molecule has 24 N–H and O–H groups in total. The van der Waals surface area contributed by atoms with Crippen LogP contribution in [0.4, 0.5) is 5.69 Å². The van der Waals surface area contributed by atoms with E-state index in [0.29, 0.717) is 0 Å². The van der Waals surface area contributed by atoms with Gasteiger partial charge in [0.25, 0.3) is 0 Å². The molecule has 0 bridgehead atoms. The number of hydrogen-bond acceptors (Lipinski definition) is 24. The van der Waals surface area contributed by atoms with Crippen molar-refractivity contribution in [2.45, 2.75) is 164 Å². The van der Waals surface area contributed by atoms with E-state index in [1.165, 1.54) is 17.9 Å². The summed E-state index contributed by atoms with van der Waals surface area (Å²) in [5.41, 5.74) is 11.4. The molecule has 0 aromatic heterocycles. The number of nitrogens with two attached hydrogens (primary N) is 2. The van der Waals surface area contributed by atoms with Crippen molar-refractivity contribution in [2.75, 3.05) is 50.8 Å². The molecule has 0 spiro atoms. The summed E-state index contributed by atoms with van der Waals surface area (Å²) >= 11 is 0. The number of nitrogens with one attached hydrogen (secondary N) is 11. The molecule has 39 nitrogen and oxygen atoms in total. The lowest BCUT2D eigenvalue weighted by molar-refractivity contribution is -0.150. The minimum absolute atomic E-state index is 0.0108. The van der Waals surface area contributed by atoms with Crippen molar-refractivity contribution >= 4 is 95.6 Å². The highest BCUT2D eigenvalue weighted by molar-refractivity contribution is 5.99. The number of hydroxylamine groups is 4. The predicted molar refractivity (Wildman–Crippen MR) is 323 cm³/mol. The van der Waals surface area contributed by atoms with E-state index < -0.39 is 188 Å². The van der Waals surface area contributed by atoms with E-state index in [-0.39, 0.29) is 130 Å². The highest BCUT2D eigenvalue weighted by Crippen LogP contribution is 2.41. The first kappa shape index (κ1) is 76.9. The van der Waals surface area contributed by atoms with Crippen LogP contribution in [0, 0.1) is 0 Å². The van der Waals surface area contributed by atoms with E-state index in [2.05, 4.69) is 63.5 Å². The van der Waals surface area contributed by atoms with Crippen LogP contribution in [-0.4, -0.2) is 259 Å². The number of anilines is 1. The molecule has 12 atom stereocenters.